The summed E-state index contributed by atoms with van der Waals surface area (Å²) < 4.78 is 40.4. The van der Waals surface area contributed by atoms with Crippen LogP contribution in [0.25, 0.3) is 0 Å². The van der Waals surface area contributed by atoms with Crippen LogP contribution in [0.4, 0.5) is 0 Å². The van der Waals surface area contributed by atoms with Crippen molar-refractivity contribution >= 4 is 10.1 Å². The second kappa shape index (κ2) is 4.57. The molecule has 5 nitrogen and oxygen atoms in total. The first-order valence-electron chi connectivity index (χ1n) is 4.56. The molecule has 0 saturated carbocycles. The molecule has 1 N–H and O–H groups in total. The van der Waals surface area contributed by atoms with Gasteiger partial charge in [0.25, 0.3) is 10.1 Å². The zero-order chi connectivity index (χ0) is 10.8. The molecule has 0 aromatic rings. The summed E-state index contributed by atoms with van der Waals surface area (Å²) in [6, 6.07) is 0. The van der Waals surface area contributed by atoms with Gasteiger partial charge in [0.05, 0.1) is 6.10 Å². The molecule has 1 fully saturated rings. The molecule has 0 bridgehead atoms. The molecule has 0 spiro atoms. The predicted octanol–water partition coefficient (Wildman–Crippen LogP) is 0.662. The molecule has 0 amide bonds. The van der Waals surface area contributed by atoms with E-state index in [1.807, 2.05) is 6.92 Å². The van der Waals surface area contributed by atoms with E-state index in [0.717, 1.165) is 12.8 Å². The highest BCUT2D eigenvalue weighted by Crippen LogP contribution is 2.25. The Bertz CT molecular complexity index is 273. The molecule has 3 atom stereocenters. The van der Waals surface area contributed by atoms with Gasteiger partial charge in [-0.1, -0.05) is 6.92 Å². The van der Waals surface area contributed by atoms with E-state index < -0.39 is 16.2 Å². The van der Waals surface area contributed by atoms with Crippen LogP contribution in [0.3, 0.4) is 0 Å². The van der Waals surface area contributed by atoms with Crippen molar-refractivity contribution in [2.24, 2.45) is 5.92 Å². The predicted molar refractivity (Wildman–Crippen MR) is 50.5 cm³/mol. The third-order valence-electron chi connectivity index (χ3n) is 2.46. The van der Waals surface area contributed by atoms with Crippen molar-refractivity contribution in [3.05, 3.63) is 0 Å². The van der Waals surface area contributed by atoms with Crippen molar-refractivity contribution < 1.29 is 22.4 Å². The second-order valence-corrected chi connectivity index (χ2v) is 5.14. The van der Waals surface area contributed by atoms with Gasteiger partial charge in [-0.05, 0) is 18.8 Å². The van der Waals surface area contributed by atoms with Crippen LogP contribution in [0.2, 0.25) is 0 Å². The lowest BCUT2D eigenvalue weighted by Crippen LogP contribution is -2.39. The molecule has 0 radical (unpaired) electrons. The molecule has 0 aliphatic carbocycles. The van der Waals surface area contributed by atoms with Gasteiger partial charge in [0.2, 0.25) is 0 Å². The summed E-state index contributed by atoms with van der Waals surface area (Å²) in [5.41, 5.74) is 0. The fraction of sp³-hybridized carbons (Fsp3) is 1.00. The average molecular weight is 224 g/mol. The molecule has 1 aliphatic rings. The van der Waals surface area contributed by atoms with Crippen molar-refractivity contribution in [3.8, 4) is 0 Å². The van der Waals surface area contributed by atoms with Crippen molar-refractivity contribution in [3.63, 3.8) is 0 Å². The normalized spacial score (nSPS) is 34.4. The minimum atomic E-state index is -3.97. The van der Waals surface area contributed by atoms with E-state index in [1.165, 1.54) is 7.11 Å². The molecule has 84 valence electrons. The summed E-state index contributed by atoms with van der Waals surface area (Å²) >= 11 is 0. The number of hydrogen-bond acceptors (Lipinski definition) is 4. The van der Waals surface area contributed by atoms with Gasteiger partial charge < -0.3 is 9.47 Å². The van der Waals surface area contributed by atoms with Crippen LogP contribution in [-0.2, 0) is 19.6 Å². The van der Waals surface area contributed by atoms with E-state index in [-0.39, 0.29) is 18.0 Å². The van der Waals surface area contributed by atoms with Gasteiger partial charge in [-0.3, -0.25) is 4.55 Å². The highest BCUT2D eigenvalue weighted by atomic mass is 32.2. The van der Waals surface area contributed by atoms with Crippen molar-refractivity contribution in [1.29, 1.82) is 0 Å². The van der Waals surface area contributed by atoms with Crippen LogP contribution < -0.4 is 0 Å². The highest BCUT2D eigenvalue weighted by molar-refractivity contribution is 7.85. The molecule has 1 saturated heterocycles. The SMILES string of the molecule is COC1CCC(C)C(CS(=O)(=O)O)O1. The highest BCUT2D eigenvalue weighted by Gasteiger charge is 2.31. The summed E-state index contributed by atoms with van der Waals surface area (Å²) in [5, 5.41) is 0. The topological polar surface area (TPSA) is 72.8 Å². The summed E-state index contributed by atoms with van der Waals surface area (Å²) in [6.45, 7) is 1.90. The standard InChI is InChI=1S/C8H16O5S/c1-6-3-4-8(12-2)13-7(6)5-14(9,10)11/h6-8H,3-5H2,1-2H3,(H,9,10,11). The van der Waals surface area contributed by atoms with E-state index in [0.29, 0.717) is 0 Å². The van der Waals surface area contributed by atoms with E-state index in [1.54, 1.807) is 0 Å². The van der Waals surface area contributed by atoms with Gasteiger partial charge >= 0.3 is 0 Å². The lowest BCUT2D eigenvalue weighted by atomic mass is 9.97. The smallest absolute Gasteiger partial charge is 0.267 e. The zero-order valence-electron chi connectivity index (χ0n) is 8.34. The van der Waals surface area contributed by atoms with Crippen LogP contribution >= 0.6 is 0 Å². The summed E-state index contributed by atoms with van der Waals surface area (Å²) in [6.07, 6.45) is 0.792. The van der Waals surface area contributed by atoms with Gasteiger partial charge in [0, 0.05) is 7.11 Å². The first-order chi connectivity index (χ1) is 6.42. The Balaban J connectivity index is 2.57. The van der Waals surface area contributed by atoms with Crippen molar-refractivity contribution in [1.82, 2.24) is 0 Å². The Kier molecular flexibility index (Phi) is 3.88. The van der Waals surface area contributed by atoms with Crippen molar-refractivity contribution in [2.45, 2.75) is 32.2 Å². The third-order valence-corrected chi connectivity index (χ3v) is 3.21. The fourth-order valence-corrected chi connectivity index (χ4v) is 2.39. The molecule has 1 rings (SSSR count). The first kappa shape index (κ1) is 11.9. The Morgan fingerprint density at radius 1 is 1.50 bits per heavy atom. The number of rotatable bonds is 3. The maximum Gasteiger partial charge on any atom is 0.267 e. The van der Waals surface area contributed by atoms with Gasteiger partial charge in [0.15, 0.2) is 6.29 Å². The Hall–Kier alpha value is -0.170. The monoisotopic (exact) mass is 224 g/mol. The van der Waals surface area contributed by atoms with E-state index in [9.17, 15) is 8.42 Å². The van der Waals surface area contributed by atoms with Crippen molar-refractivity contribution in [2.75, 3.05) is 12.9 Å². The Morgan fingerprint density at radius 2 is 2.14 bits per heavy atom. The third kappa shape index (κ3) is 3.53. The summed E-state index contributed by atoms with van der Waals surface area (Å²) in [4.78, 5) is 0. The van der Waals surface area contributed by atoms with Gasteiger partial charge in [-0.2, -0.15) is 8.42 Å². The van der Waals surface area contributed by atoms with E-state index in [2.05, 4.69) is 0 Å². The van der Waals surface area contributed by atoms with E-state index >= 15 is 0 Å². The molecule has 3 unspecified atom stereocenters. The van der Waals surface area contributed by atoms with Crippen LogP contribution in [-0.4, -0.2) is 38.2 Å². The summed E-state index contributed by atoms with van der Waals surface area (Å²) in [7, 11) is -2.45. The fourth-order valence-electron chi connectivity index (χ4n) is 1.57. The largest absolute Gasteiger partial charge is 0.356 e. The maximum absolute atomic E-state index is 10.7. The quantitative estimate of drug-likeness (QED) is 0.713. The van der Waals surface area contributed by atoms with E-state index in [4.69, 9.17) is 14.0 Å². The Morgan fingerprint density at radius 3 is 2.64 bits per heavy atom. The number of hydrogen-bond donors (Lipinski definition) is 1. The molecule has 1 heterocycles. The average Bonchev–Trinajstić information content (AvgIpc) is 2.06. The molecule has 1 aliphatic heterocycles. The minimum absolute atomic E-state index is 0.128. The Labute approximate surface area is 84.1 Å². The van der Waals surface area contributed by atoms with Crippen LogP contribution in [0.5, 0.6) is 0 Å². The molecule has 0 aromatic heterocycles. The number of methoxy groups -OCH3 is 1. The minimum Gasteiger partial charge on any atom is -0.356 e. The molecule has 6 heteroatoms. The van der Waals surface area contributed by atoms with Gasteiger partial charge in [-0.25, -0.2) is 0 Å². The van der Waals surface area contributed by atoms with Gasteiger partial charge in [0.1, 0.15) is 5.75 Å². The molecular weight excluding hydrogens is 208 g/mol. The van der Waals surface area contributed by atoms with Gasteiger partial charge in [-0.15, -0.1) is 0 Å². The van der Waals surface area contributed by atoms with Crippen LogP contribution in [0.1, 0.15) is 19.8 Å². The number of ether oxygens (including phenoxy) is 2. The first-order valence-corrected chi connectivity index (χ1v) is 6.16. The molecule has 14 heavy (non-hydrogen) atoms. The van der Waals surface area contributed by atoms with Crippen LogP contribution in [0.15, 0.2) is 0 Å². The lowest BCUT2D eigenvalue weighted by Gasteiger charge is -2.33. The summed E-state index contributed by atoms with van der Waals surface area (Å²) in [5.74, 6) is -0.225. The lowest BCUT2D eigenvalue weighted by molar-refractivity contribution is -0.188. The zero-order valence-corrected chi connectivity index (χ0v) is 9.16. The van der Waals surface area contributed by atoms with Crippen LogP contribution in [0, 0.1) is 5.92 Å². The maximum atomic E-state index is 10.7. The molecule has 0 aromatic carbocycles. The second-order valence-electron chi connectivity index (χ2n) is 3.64. The molecular formula is C8H16O5S.